The minimum absolute atomic E-state index is 0.0273. The number of nitrogens with one attached hydrogen (secondary N) is 2. The molecular formula is C41H49N3O4. The zero-order valence-electron chi connectivity index (χ0n) is 28.0. The average molecular weight is 648 g/mol. The third-order valence-electron chi connectivity index (χ3n) is 9.70. The molecule has 6 rings (SSSR count). The molecular weight excluding hydrogens is 598 g/mol. The molecule has 2 aliphatic heterocycles. The highest BCUT2D eigenvalue weighted by atomic mass is 16.7. The van der Waals surface area contributed by atoms with Gasteiger partial charge in [-0.1, -0.05) is 123 Å². The van der Waals surface area contributed by atoms with Gasteiger partial charge in [-0.2, -0.15) is 0 Å². The van der Waals surface area contributed by atoms with Crippen molar-refractivity contribution in [2.24, 2.45) is 5.92 Å². The van der Waals surface area contributed by atoms with Crippen LogP contribution in [0.5, 0.6) is 0 Å². The number of aliphatic hydroxyl groups excluding tert-OH is 1. The number of hydrogen-bond acceptors (Lipinski definition) is 5. The highest BCUT2D eigenvalue weighted by Crippen LogP contribution is 2.42. The Bertz CT molecular complexity index is 1570. The van der Waals surface area contributed by atoms with Gasteiger partial charge >= 0.3 is 6.03 Å². The van der Waals surface area contributed by atoms with Crippen molar-refractivity contribution in [3.63, 3.8) is 0 Å². The maximum absolute atomic E-state index is 12.4. The number of ether oxygens (including phenoxy) is 2. The summed E-state index contributed by atoms with van der Waals surface area (Å²) >= 11 is 0. The van der Waals surface area contributed by atoms with E-state index in [0.717, 1.165) is 58.6 Å². The van der Waals surface area contributed by atoms with E-state index in [0.29, 0.717) is 13.1 Å². The van der Waals surface area contributed by atoms with Crippen LogP contribution in [0, 0.1) is 5.92 Å². The van der Waals surface area contributed by atoms with E-state index in [9.17, 15) is 9.90 Å². The van der Waals surface area contributed by atoms with Crippen LogP contribution in [-0.2, 0) is 29.2 Å². The van der Waals surface area contributed by atoms with Crippen LogP contribution in [0.4, 0.5) is 4.79 Å². The van der Waals surface area contributed by atoms with Crippen molar-refractivity contribution in [1.29, 1.82) is 0 Å². The molecule has 7 nitrogen and oxygen atoms in total. The van der Waals surface area contributed by atoms with Crippen molar-refractivity contribution in [3.8, 4) is 11.1 Å². The second-order valence-corrected chi connectivity index (χ2v) is 13.2. The Morgan fingerprint density at radius 2 is 1.35 bits per heavy atom. The van der Waals surface area contributed by atoms with Crippen molar-refractivity contribution < 1.29 is 19.4 Å². The van der Waals surface area contributed by atoms with Crippen molar-refractivity contribution in [2.45, 2.75) is 77.2 Å². The number of likely N-dealkylation sites (tertiary alicyclic amines) is 1. The fraction of sp³-hybridized carbons (Fsp3) is 0.390. The number of hydrogen-bond donors (Lipinski definition) is 3. The molecule has 4 aromatic rings. The van der Waals surface area contributed by atoms with Crippen LogP contribution in [0.3, 0.4) is 0 Å². The molecule has 4 aromatic carbocycles. The summed E-state index contributed by atoms with van der Waals surface area (Å²) in [5, 5.41) is 15.5. The first-order valence-electron chi connectivity index (χ1n) is 17.5. The van der Waals surface area contributed by atoms with Crippen LogP contribution in [0.15, 0.2) is 103 Å². The highest BCUT2D eigenvalue weighted by Gasteiger charge is 2.39. The number of aliphatic hydroxyl groups is 1. The third-order valence-corrected chi connectivity index (χ3v) is 9.70. The Morgan fingerprint density at radius 1 is 0.708 bits per heavy atom. The predicted octanol–water partition coefficient (Wildman–Crippen LogP) is 7.90. The Labute approximate surface area is 285 Å². The van der Waals surface area contributed by atoms with Gasteiger partial charge in [0.1, 0.15) is 0 Å². The fourth-order valence-corrected chi connectivity index (χ4v) is 6.79. The van der Waals surface area contributed by atoms with Crippen LogP contribution in [-0.4, -0.2) is 41.8 Å². The van der Waals surface area contributed by atoms with Gasteiger partial charge in [0.25, 0.3) is 0 Å². The zero-order valence-corrected chi connectivity index (χ0v) is 28.0. The highest BCUT2D eigenvalue weighted by molar-refractivity contribution is 5.74. The molecule has 2 heterocycles. The van der Waals surface area contributed by atoms with Crippen LogP contribution < -0.4 is 10.6 Å². The van der Waals surface area contributed by atoms with Gasteiger partial charge in [-0.3, -0.25) is 0 Å². The molecule has 3 N–H and O–H groups in total. The van der Waals surface area contributed by atoms with Gasteiger partial charge in [0.2, 0.25) is 0 Å². The lowest BCUT2D eigenvalue weighted by Gasteiger charge is -2.43. The molecule has 252 valence electrons. The van der Waals surface area contributed by atoms with E-state index in [1.165, 1.54) is 32.1 Å². The lowest BCUT2D eigenvalue weighted by molar-refractivity contribution is -0.276. The SMILES string of the molecule is CC1C(CN2CCCCCCC2)OC(c2ccc(-c3cccc(CNC(=O)NCc4ccccc4)c3)cc2)OC1c1ccc(CO)cc1. The molecule has 7 heteroatoms. The van der Waals surface area contributed by atoms with Crippen LogP contribution >= 0.6 is 0 Å². The minimum atomic E-state index is -0.484. The van der Waals surface area contributed by atoms with Crippen molar-refractivity contribution in [1.82, 2.24) is 15.5 Å². The maximum atomic E-state index is 12.4. The minimum Gasteiger partial charge on any atom is -0.392 e. The normalized spacial score (nSPS) is 22.0. The van der Waals surface area contributed by atoms with Gasteiger partial charge in [-0.25, -0.2) is 4.79 Å². The first kappa shape index (κ1) is 33.9. The predicted molar refractivity (Wildman–Crippen MR) is 190 cm³/mol. The van der Waals surface area contributed by atoms with Gasteiger partial charge in [0.05, 0.1) is 18.8 Å². The van der Waals surface area contributed by atoms with E-state index in [-0.39, 0.29) is 30.8 Å². The first-order valence-corrected chi connectivity index (χ1v) is 17.5. The Balaban J connectivity index is 1.13. The van der Waals surface area contributed by atoms with E-state index < -0.39 is 6.29 Å². The van der Waals surface area contributed by atoms with E-state index in [4.69, 9.17) is 9.47 Å². The zero-order chi connectivity index (χ0) is 33.1. The molecule has 2 aliphatic rings. The lowest BCUT2D eigenvalue weighted by atomic mass is 9.89. The molecule has 4 atom stereocenters. The second-order valence-electron chi connectivity index (χ2n) is 13.2. The second kappa shape index (κ2) is 16.9. The fourth-order valence-electron chi connectivity index (χ4n) is 6.79. The van der Waals surface area contributed by atoms with Crippen LogP contribution in [0.25, 0.3) is 11.1 Å². The molecule has 0 saturated carbocycles. The molecule has 0 radical (unpaired) electrons. The van der Waals surface area contributed by atoms with Crippen molar-refractivity contribution in [3.05, 3.63) is 131 Å². The summed E-state index contributed by atoms with van der Waals surface area (Å²) in [5.74, 6) is 0.169. The standard InChI is InChI=1S/C41H49N3O4/c1-30-38(28-44-23-8-3-2-4-9-24-44)47-40(48-39(30)35-17-15-32(29-45)16-18-35)36-21-19-34(20-22-36)37-14-10-13-33(25-37)27-43-41(46)42-26-31-11-6-5-7-12-31/h5-7,10-22,25,30,38-40,45H,2-4,8-9,23-24,26-29H2,1H3,(H2,42,43,46). The number of urea groups is 1. The number of nitrogens with zero attached hydrogens (tertiary/aromatic N) is 1. The summed E-state index contributed by atoms with van der Waals surface area (Å²) < 4.78 is 13.5. The number of rotatable bonds is 10. The van der Waals surface area contributed by atoms with E-state index in [1.54, 1.807) is 0 Å². The number of benzene rings is 4. The Kier molecular flexibility index (Phi) is 11.9. The summed E-state index contributed by atoms with van der Waals surface area (Å²) in [4.78, 5) is 15.0. The van der Waals surface area contributed by atoms with Gasteiger partial charge in [-0.05, 0) is 65.4 Å². The van der Waals surface area contributed by atoms with Gasteiger partial charge in [0.15, 0.2) is 6.29 Å². The maximum Gasteiger partial charge on any atom is 0.315 e. The topological polar surface area (TPSA) is 83.1 Å². The van der Waals surface area contributed by atoms with E-state index >= 15 is 0 Å². The van der Waals surface area contributed by atoms with E-state index in [1.807, 2.05) is 54.6 Å². The molecule has 4 unspecified atom stereocenters. The molecule has 0 bridgehead atoms. The van der Waals surface area contributed by atoms with E-state index in [2.05, 4.69) is 71.0 Å². The third kappa shape index (κ3) is 9.11. The lowest BCUT2D eigenvalue weighted by Crippen LogP contribution is -2.45. The molecule has 2 amide bonds. The quantitative estimate of drug-likeness (QED) is 0.163. The summed E-state index contributed by atoms with van der Waals surface area (Å²) in [7, 11) is 0. The largest absolute Gasteiger partial charge is 0.392 e. The number of amides is 2. The summed E-state index contributed by atoms with van der Waals surface area (Å²) in [6.45, 7) is 6.34. The monoisotopic (exact) mass is 647 g/mol. The Hall–Kier alpha value is -4.01. The number of carbonyl (C=O) groups excluding carboxylic acids is 1. The summed E-state index contributed by atoms with van der Waals surface area (Å²) in [5.41, 5.74) is 7.27. The van der Waals surface area contributed by atoms with Crippen molar-refractivity contribution in [2.75, 3.05) is 19.6 Å². The molecule has 0 aromatic heterocycles. The molecule has 0 aliphatic carbocycles. The number of carbonyl (C=O) groups is 1. The molecule has 2 saturated heterocycles. The summed E-state index contributed by atoms with van der Waals surface area (Å²) in [6, 6.07) is 34.6. The summed E-state index contributed by atoms with van der Waals surface area (Å²) in [6.07, 6.45) is 5.86. The molecule has 0 spiro atoms. The Morgan fingerprint density at radius 3 is 2.06 bits per heavy atom. The molecule has 48 heavy (non-hydrogen) atoms. The van der Waals surface area contributed by atoms with Gasteiger partial charge < -0.3 is 30.1 Å². The van der Waals surface area contributed by atoms with Crippen LogP contribution in [0.2, 0.25) is 0 Å². The van der Waals surface area contributed by atoms with Crippen LogP contribution in [0.1, 0.15) is 79.2 Å². The smallest absolute Gasteiger partial charge is 0.315 e. The van der Waals surface area contributed by atoms with Gasteiger partial charge in [-0.15, -0.1) is 0 Å². The molecule has 2 fully saturated rings. The van der Waals surface area contributed by atoms with Crippen molar-refractivity contribution >= 4 is 6.03 Å². The van der Waals surface area contributed by atoms with Gasteiger partial charge in [0, 0.05) is 31.1 Å². The first-order chi connectivity index (χ1) is 23.6. The average Bonchev–Trinajstić information content (AvgIpc) is 3.12.